The van der Waals surface area contributed by atoms with Gasteiger partial charge in [-0.25, -0.2) is 0 Å². The molecule has 5 heteroatoms. The van der Waals surface area contributed by atoms with Gasteiger partial charge in [-0.1, -0.05) is 0 Å². The van der Waals surface area contributed by atoms with E-state index in [9.17, 15) is 0 Å². The Labute approximate surface area is 145 Å². The van der Waals surface area contributed by atoms with Crippen molar-refractivity contribution in [2.24, 2.45) is 0 Å². The minimum absolute atomic E-state index is 0.124. The first-order valence-corrected chi connectivity index (χ1v) is 9.35. The van der Waals surface area contributed by atoms with E-state index >= 15 is 0 Å². The zero-order chi connectivity index (χ0) is 16.9. The SMILES string of the molecule is CC1(C)OB(c2cc(C3CC3)nc(C3CCCCO3)c2)OC1(C)C. The van der Waals surface area contributed by atoms with Crippen molar-refractivity contribution in [3.05, 3.63) is 23.5 Å². The number of rotatable bonds is 3. The van der Waals surface area contributed by atoms with Crippen molar-refractivity contribution in [1.82, 2.24) is 4.98 Å². The second kappa shape index (κ2) is 5.82. The molecule has 0 N–H and O–H groups in total. The van der Waals surface area contributed by atoms with Gasteiger partial charge in [-0.05, 0) is 77.4 Å². The molecule has 2 aliphatic heterocycles. The normalized spacial score (nSPS) is 29.0. The van der Waals surface area contributed by atoms with E-state index in [0.29, 0.717) is 5.92 Å². The maximum Gasteiger partial charge on any atom is 0.494 e. The molecule has 24 heavy (non-hydrogen) atoms. The van der Waals surface area contributed by atoms with Gasteiger partial charge in [-0.15, -0.1) is 0 Å². The molecule has 1 aliphatic carbocycles. The van der Waals surface area contributed by atoms with Gasteiger partial charge >= 0.3 is 7.12 Å². The van der Waals surface area contributed by atoms with Crippen molar-refractivity contribution in [1.29, 1.82) is 0 Å². The number of hydrogen-bond donors (Lipinski definition) is 0. The van der Waals surface area contributed by atoms with Crippen molar-refractivity contribution >= 4 is 12.6 Å². The van der Waals surface area contributed by atoms with Crippen molar-refractivity contribution in [2.45, 2.75) is 83.0 Å². The lowest BCUT2D eigenvalue weighted by molar-refractivity contribution is 0.00578. The summed E-state index contributed by atoms with van der Waals surface area (Å²) in [4.78, 5) is 4.93. The summed E-state index contributed by atoms with van der Waals surface area (Å²) < 4.78 is 18.5. The predicted molar refractivity (Wildman–Crippen MR) is 94.5 cm³/mol. The smallest absolute Gasteiger partial charge is 0.399 e. The van der Waals surface area contributed by atoms with Gasteiger partial charge in [0, 0.05) is 18.2 Å². The standard InChI is InChI=1S/C19H28BNO3/c1-18(2)19(3,4)24-20(23-18)14-11-15(13-8-9-13)21-16(12-14)17-7-5-6-10-22-17/h11-13,17H,5-10H2,1-4H3. The zero-order valence-electron chi connectivity index (χ0n) is 15.3. The highest BCUT2D eigenvalue weighted by molar-refractivity contribution is 6.62. The fraction of sp³-hybridized carbons (Fsp3) is 0.737. The Morgan fingerprint density at radius 2 is 1.62 bits per heavy atom. The molecule has 0 radical (unpaired) electrons. The topological polar surface area (TPSA) is 40.6 Å². The Bertz CT molecular complexity index is 605. The molecule has 1 saturated carbocycles. The van der Waals surface area contributed by atoms with Crippen LogP contribution in [0, 0.1) is 0 Å². The van der Waals surface area contributed by atoms with Crippen LogP contribution in [0.25, 0.3) is 0 Å². The van der Waals surface area contributed by atoms with E-state index in [1.54, 1.807) is 0 Å². The van der Waals surface area contributed by atoms with Crippen LogP contribution in [0.15, 0.2) is 12.1 Å². The largest absolute Gasteiger partial charge is 0.494 e. The number of hydrogen-bond acceptors (Lipinski definition) is 4. The molecule has 3 aliphatic rings. The van der Waals surface area contributed by atoms with Crippen molar-refractivity contribution in [3.8, 4) is 0 Å². The maximum atomic E-state index is 6.26. The van der Waals surface area contributed by atoms with E-state index < -0.39 is 0 Å². The molecule has 1 unspecified atom stereocenters. The lowest BCUT2D eigenvalue weighted by Gasteiger charge is -2.32. The van der Waals surface area contributed by atoms with E-state index in [-0.39, 0.29) is 24.4 Å². The first kappa shape index (κ1) is 16.6. The Balaban J connectivity index is 1.66. The first-order chi connectivity index (χ1) is 11.4. The fourth-order valence-corrected chi connectivity index (χ4v) is 3.44. The van der Waals surface area contributed by atoms with Crippen molar-refractivity contribution < 1.29 is 14.0 Å². The quantitative estimate of drug-likeness (QED) is 0.796. The lowest BCUT2D eigenvalue weighted by Crippen LogP contribution is -2.41. The lowest BCUT2D eigenvalue weighted by atomic mass is 9.78. The molecule has 1 aromatic heterocycles. The summed E-state index contributed by atoms with van der Waals surface area (Å²) in [6, 6.07) is 4.33. The maximum absolute atomic E-state index is 6.26. The monoisotopic (exact) mass is 329 g/mol. The van der Waals surface area contributed by atoms with Crippen LogP contribution < -0.4 is 5.46 Å². The molecule has 2 saturated heterocycles. The van der Waals surface area contributed by atoms with Crippen molar-refractivity contribution in [3.63, 3.8) is 0 Å². The van der Waals surface area contributed by atoms with Gasteiger partial charge in [0.15, 0.2) is 0 Å². The molecule has 0 aromatic carbocycles. The van der Waals surface area contributed by atoms with Gasteiger partial charge in [0.1, 0.15) is 0 Å². The molecule has 4 rings (SSSR count). The van der Waals surface area contributed by atoms with Crippen molar-refractivity contribution in [2.75, 3.05) is 6.61 Å². The summed E-state index contributed by atoms with van der Waals surface area (Å²) in [5.74, 6) is 0.606. The van der Waals surface area contributed by atoms with Gasteiger partial charge < -0.3 is 14.0 Å². The van der Waals surface area contributed by atoms with Gasteiger partial charge in [-0.2, -0.15) is 0 Å². The fourth-order valence-electron chi connectivity index (χ4n) is 3.44. The van der Waals surface area contributed by atoms with Crippen LogP contribution in [-0.2, 0) is 14.0 Å². The number of aromatic nitrogens is 1. The van der Waals surface area contributed by atoms with E-state index in [1.807, 2.05) is 0 Å². The average molecular weight is 329 g/mol. The van der Waals surface area contributed by atoms with Crippen LogP contribution in [0.5, 0.6) is 0 Å². The molecule has 1 aromatic rings. The highest BCUT2D eigenvalue weighted by Gasteiger charge is 2.52. The Morgan fingerprint density at radius 3 is 2.21 bits per heavy atom. The van der Waals surface area contributed by atoms with E-state index in [1.165, 1.54) is 25.0 Å². The number of nitrogens with zero attached hydrogens (tertiary/aromatic N) is 1. The third-order valence-electron chi connectivity index (χ3n) is 5.92. The highest BCUT2D eigenvalue weighted by Crippen LogP contribution is 2.41. The van der Waals surface area contributed by atoms with E-state index in [0.717, 1.165) is 30.6 Å². The molecular weight excluding hydrogens is 301 g/mol. The predicted octanol–water partition coefficient (Wildman–Crippen LogP) is 3.50. The molecule has 1 atom stereocenters. The van der Waals surface area contributed by atoms with Gasteiger partial charge in [0.05, 0.1) is 23.0 Å². The van der Waals surface area contributed by atoms with Gasteiger partial charge in [0.25, 0.3) is 0 Å². The molecule has 0 spiro atoms. The third kappa shape index (κ3) is 3.02. The minimum Gasteiger partial charge on any atom is -0.399 e. The van der Waals surface area contributed by atoms with Crippen LogP contribution >= 0.6 is 0 Å². The minimum atomic E-state index is -0.321. The summed E-state index contributed by atoms with van der Waals surface area (Å²) in [7, 11) is -0.321. The second-order valence-corrected chi connectivity index (χ2v) is 8.47. The third-order valence-corrected chi connectivity index (χ3v) is 5.92. The van der Waals surface area contributed by atoms with Crippen LogP contribution in [0.3, 0.4) is 0 Å². The molecule has 3 heterocycles. The molecule has 3 fully saturated rings. The molecular formula is C19H28BNO3. The van der Waals surface area contributed by atoms with Gasteiger partial charge in [-0.3, -0.25) is 4.98 Å². The Hall–Kier alpha value is -0.905. The van der Waals surface area contributed by atoms with Crippen LogP contribution in [-0.4, -0.2) is 29.9 Å². The van der Waals surface area contributed by atoms with Gasteiger partial charge in [0.2, 0.25) is 0 Å². The number of ether oxygens (including phenoxy) is 1. The first-order valence-electron chi connectivity index (χ1n) is 9.35. The van der Waals surface area contributed by atoms with E-state index in [2.05, 4.69) is 39.8 Å². The summed E-state index contributed by atoms with van der Waals surface area (Å²) in [6.07, 6.45) is 6.03. The molecule has 4 nitrogen and oxygen atoms in total. The Kier molecular flexibility index (Phi) is 4.02. The molecule has 130 valence electrons. The number of pyridine rings is 1. The van der Waals surface area contributed by atoms with Crippen LogP contribution in [0.1, 0.15) is 83.2 Å². The summed E-state index contributed by atoms with van der Waals surface area (Å²) in [5, 5.41) is 0. The van der Waals surface area contributed by atoms with Crippen LogP contribution in [0.2, 0.25) is 0 Å². The zero-order valence-corrected chi connectivity index (χ0v) is 15.3. The average Bonchev–Trinajstić information content (AvgIpc) is 3.36. The summed E-state index contributed by atoms with van der Waals surface area (Å²) >= 11 is 0. The molecule has 0 bridgehead atoms. The summed E-state index contributed by atoms with van der Waals surface area (Å²) in [5.41, 5.74) is 2.70. The Morgan fingerprint density at radius 1 is 0.958 bits per heavy atom. The van der Waals surface area contributed by atoms with Crippen LogP contribution in [0.4, 0.5) is 0 Å². The highest BCUT2D eigenvalue weighted by atomic mass is 16.7. The molecule has 0 amide bonds. The summed E-state index contributed by atoms with van der Waals surface area (Å²) in [6.45, 7) is 9.23. The van der Waals surface area contributed by atoms with E-state index in [4.69, 9.17) is 19.0 Å². The second-order valence-electron chi connectivity index (χ2n) is 8.47.